The number of aromatic nitrogens is 3. The number of hydrogen-bond acceptors (Lipinski definition) is 5. The molecule has 2 fully saturated rings. The molecule has 0 radical (unpaired) electrons. The molecule has 0 saturated carbocycles. The normalized spacial score (nSPS) is 24.2. The maximum absolute atomic E-state index is 13.2. The number of hydrogen-bond donors (Lipinski definition) is 0. The maximum atomic E-state index is 13.2. The molecule has 7 heteroatoms. The van der Waals surface area contributed by atoms with E-state index in [1.807, 2.05) is 30.0 Å². The quantitative estimate of drug-likeness (QED) is 0.815. The molecule has 2 aromatic heterocycles. The van der Waals surface area contributed by atoms with Gasteiger partial charge in [0.1, 0.15) is 0 Å². The third-order valence-corrected chi connectivity index (χ3v) is 5.02. The van der Waals surface area contributed by atoms with E-state index in [0.29, 0.717) is 18.1 Å². The van der Waals surface area contributed by atoms with Gasteiger partial charge in [0.15, 0.2) is 5.82 Å². The molecule has 4 heterocycles. The summed E-state index contributed by atoms with van der Waals surface area (Å²) in [4.78, 5) is 21.8. The summed E-state index contributed by atoms with van der Waals surface area (Å²) < 4.78 is 7.50. The lowest BCUT2D eigenvalue weighted by Crippen LogP contribution is -2.46. The van der Waals surface area contributed by atoms with Gasteiger partial charge >= 0.3 is 0 Å². The van der Waals surface area contributed by atoms with E-state index >= 15 is 0 Å². The van der Waals surface area contributed by atoms with Crippen LogP contribution in [0.5, 0.6) is 0 Å². The Balaban J connectivity index is 1.64. The molecule has 2 aliphatic heterocycles. The number of likely N-dealkylation sites (N-methyl/N-ethyl adjacent to an activating group) is 1. The lowest BCUT2D eigenvalue weighted by Gasteiger charge is -2.29. The summed E-state index contributed by atoms with van der Waals surface area (Å²) in [7, 11) is 2.11. The van der Waals surface area contributed by atoms with Crippen molar-refractivity contribution >= 4 is 5.91 Å². The minimum atomic E-state index is 0.0375. The largest absolute Gasteiger partial charge is 0.379 e. The molecule has 1 amide bonds. The van der Waals surface area contributed by atoms with Crippen LogP contribution >= 0.6 is 0 Å². The first-order chi connectivity index (χ1) is 12.1. The van der Waals surface area contributed by atoms with Crippen molar-refractivity contribution in [3.05, 3.63) is 41.9 Å². The van der Waals surface area contributed by atoms with Gasteiger partial charge in [-0.1, -0.05) is 6.07 Å². The van der Waals surface area contributed by atoms with Crippen LogP contribution in [0.15, 0.2) is 30.6 Å². The van der Waals surface area contributed by atoms with Crippen molar-refractivity contribution < 1.29 is 9.53 Å². The van der Waals surface area contributed by atoms with E-state index in [4.69, 9.17) is 4.74 Å². The third-order valence-electron chi connectivity index (χ3n) is 5.02. The number of pyridine rings is 1. The van der Waals surface area contributed by atoms with E-state index in [1.165, 1.54) is 0 Å². The molecule has 25 heavy (non-hydrogen) atoms. The molecule has 0 aliphatic carbocycles. The number of carbonyl (C=O) groups is 1. The zero-order valence-corrected chi connectivity index (χ0v) is 14.6. The average molecular weight is 341 g/mol. The summed E-state index contributed by atoms with van der Waals surface area (Å²) in [6.45, 7) is 5.78. The fourth-order valence-electron chi connectivity index (χ4n) is 3.81. The summed E-state index contributed by atoms with van der Waals surface area (Å²) in [6, 6.07) is 5.75. The molecule has 2 aromatic rings. The second-order valence-corrected chi connectivity index (χ2v) is 6.98. The van der Waals surface area contributed by atoms with E-state index < -0.39 is 0 Å². The topological polar surface area (TPSA) is 63.5 Å². The Morgan fingerprint density at radius 2 is 2.12 bits per heavy atom. The highest BCUT2D eigenvalue weighted by Crippen LogP contribution is 2.22. The van der Waals surface area contributed by atoms with Crippen LogP contribution in [0, 0.1) is 12.8 Å². The summed E-state index contributed by atoms with van der Waals surface area (Å²) in [6.07, 6.45) is 3.38. The monoisotopic (exact) mass is 341 g/mol. The van der Waals surface area contributed by atoms with Gasteiger partial charge in [-0.05, 0) is 26.1 Å². The van der Waals surface area contributed by atoms with Gasteiger partial charge in [-0.15, -0.1) is 0 Å². The number of nitrogens with zero attached hydrogens (tertiary/aromatic N) is 5. The Morgan fingerprint density at radius 3 is 2.92 bits per heavy atom. The van der Waals surface area contributed by atoms with E-state index in [0.717, 1.165) is 37.8 Å². The van der Waals surface area contributed by atoms with E-state index in [9.17, 15) is 4.79 Å². The molecule has 4 rings (SSSR count). The predicted octanol–water partition coefficient (Wildman–Crippen LogP) is 0.978. The summed E-state index contributed by atoms with van der Waals surface area (Å²) in [5, 5.41) is 4.39. The van der Waals surface area contributed by atoms with Crippen LogP contribution in [0.2, 0.25) is 0 Å². The maximum Gasteiger partial charge on any atom is 0.257 e. The fourth-order valence-corrected chi connectivity index (χ4v) is 3.81. The smallest absolute Gasteiger partial charge is 0.257 e. The molecule has 0 N–H and O–H groups in total. The number of amides is 1. The van der Waals surface area contributed by atoms with Gasteiger partial charge in [0.25, 0.3) is 5.91 Å². The SMILES string of the molecule is Cc1c(C(=O)N2C[C@H]3COC[C@@H]2CN(C)C3)cnn1-c1ccccn1. The highest BCUT2D eigenvalue weighted by molar-refractivity contribution is 5.95. The van der Waals surface area contributed by atoms with Gasteiger partial charge in [0.2, 0.25) is 0 Å². The summed E-state index contributed by atoms with van der Waals surface area (Å²) in [5.41, 5.74) is 1.46. The first kappa shape index (κ1) is 16.2. The van der Waals surface area contributed by atoms with Gasteiger partial charge in [-0.2, -0.15) is 5.10 Å². The molecule has 2 bridgehead atoms. The van der Waals surface area contributed by atoms with Gasteiger partial charge in [0, 0.05) is 31.7 Å². The van der Waals surface area contributed by atoms with Crippen LogP contribution in [0.3, 0.4) is 0 Å². The summed E-state index contributed by atoms with van der Waals surface area (Å²) >= 11 is 0. The lowest BCUT2D eigenvalue weighted by molar-refractivity contribution is 0.0483. The van der Waals surface area contributed by atoms with Gasteiger partial charge in [-0.3, -0.25) is 4.79 Å². The fraction of sp³-hybridized carbons (Fsp3) is 0.500. The predicted molar refractivity (Wildman–Crippen MR) is 92.7 cm³/mol. The number of carbonyl (C=O) groups excluding carboxylic acids is 1. The van der Waals surface area contributed by atoms with Crippen molar-refractivity contribution in [2.75, 3.05) is 39.9 Å². The highest BCUT2D eigenvalue weighted by Gasteiger charge is 2.36. The number of rotatable bonds is 2. The molecule has 7 nitrogen and oxygen atoms in total. The molecule has 0 aromatic carbocycles. The zero-order valence-electron chi connectivity index (χ0n) is 14.6. The van der Waals surface area contributed by atoms with Gasteiger partial charge in [0.05, 0.1) is 36.7 Å². The Kier molecular flexibility index (Phi) is 4.27. The van der Waals surface area contributed by atoms with E-state index in [-0.39, 0.29) is 11.9 Å². The minimum Gasteiger partial charge on any atom is -0.379 e. The van der Waals surface area contributed by atoms with Crippen molar-refractivity contribution in [3.63, 3.8) is 0 Å². The Hall–Kier alpha value is -2.25. The highest BCUT2D eigenvalue weighted by atomic mass is 16.5. The molecule has 2 atom stereocenters. The molecular formula is C18H23N5O2. The lowest BCUT2D eigenvalue weighted by atomic mass is 10.1. The third kappa shape index (κ3) is 3.05. The van der Waals surface area contributed by atoms with Crippen LogP contribution in [0.4, 0.5) is 0 Å². The molecule has 2 aliphatic rings. The Morgan fingerprint density at radius 1 is 1.24 bits per heavy atom. The number of fused-ring (bicyclic) bond motifs is 3. The van der Waals surface area contributed by atoms with Crippen LogP contribution < -0.4 is 0 Å². The number of ether oxygens (including phenoxy) is 1. The van der Waals surface area contributed by atoms with Gasteiger partial charge < -0.3 is 14.5 Å². The first-order valence-corrected chi connectivity index (χ1v) is 8.66. The second kappa shape index (κ2) is 6.57. The van der Waals surface area contributed by atoms with E-state index in [1.54, 1.807) is 17.1 Å². The van der Waals surface area contributed by atoms with E-state index in [2.05, 4.69) is 22.0 Å². The standard InChI is InChI=1S/C18H23N5O2/c1-13-16(7-20-23(13)17-5-3-4-6-19-17)18(24)22-9-14-8-21(2)10-15(22)12-25-11-14/h3-7,14-15H,8-12H2,1-2H3/t14-,15-/m0/s1. The van der Waals surface area contributed by atoms with Crippen molar-refractivity contribution in [2.45, 2.75) is 13.0 Å². The zero-order chi connectivity index (χ0) is 17.4. The molecule has 132 valence electrons. The van der Waals surface area contributed by atoms with Crippen molar-refractivity contribution in [1.29, 1.82) is 0 Å². The van der Waals surface area contributed by atoms with Crippen LogP contribution in [0.25, 0.3) is 5.82 Å². The Bertz CT molecular complexity index is 760. The van der Waals surface area contributed by atoms with Crippen molar-refractivity contribution in [3.8, 4) is 5.82 Å². The van der Waals surface area contributed by atoms with Crippen molar-refractivity contribution in [2.24, 2.45) is 5.92 Å². The average Bonchev–Trinajstić information content (AvgIpc) is 2.77. The molecule has 0 unspecified atom stereocenters. The van der Waals surface area contributed by atoms with Crippen LogP contribution in [0.1, 0.15) is 16.1 Å². The first-order valence-electron chi connectivity index (χ1n) is 8.66. The summed E-state index contributed by atoms with van der Waals surface area (Å²) in [5.74, 6) is 1.11. The van der Waals surface area contributed by atoms with Crippen LogP contribution in [-0.4, -0.2) is 76.4 Å². The molecule has 0 spiro atoms. The molecule has 2 saturated heterocycles. The van der Waals surface area contributed by atoms with Gasteiger partial charge in [-0.25, -0.2) is 9.67 Å². The Labute approximate surface area is 147 Å². The molecular weight excluding hydrogens is 318 g/mol. The van der Waals surface area contributed by atoms with Crippen LogP contribution in [-0.2, 0) is 4.74 Å². The minimum absolute atomic E-state index is 0.0375. The second-order valence-electron chi connectivity index (χ2n) is 6.98. The van der Waals surface area contributed by atoms with Crippen molar-refractivity contribution in [1.82, 2.24) is 24.6 Å².